The summed E-state index contributed by atoms with van der Waals surface area (Å²) in [5, 5.41) is 0. The van der Waals surface area contributed by atoms with Crippen molar-refractivity contribution in [3.05, 3.63) is 0 Å². The van der Waals surface area contributed by atoms with Crippen molar-refractivity contribution < 1.29 is 23.8 Å². The van der Waals surface area contributed by atoms with Crippen molar-refractivity contribution >= 4 is 11.9 Å². The Labute approximate surface area is 192 Å². The molecule has 0 aliphatic heterocycles. The molecule has 0 aliphatic carbocycles. The summed E-state index contributed by atoms with van der Waals surface area (Å²) >= 11 is 0. The lowest BCUT2D eigenvalue weighted by molar-refractivity contribution is -0.145. The summed E-state index contributed by atoms with van der Waals surface area (Å²) in [5.41, 5.74) is 0. The highest BCUT2D eigenvalue weighted by Gasteiger charge is 2.12. The molecule has 0 fully saturated rings. The number of carbonyl (C=O) groups excluding carboxylic acids is 2. The predicted octanol–water partition coefficient (Wildman–Crippen LogP) is 7.01. The molecule has 0 N–H and O–H groups in total. The maximum Gasteiger partial charge on any atom is 0.305 e. The van der Waals surface area contributed by atoms with Crippen LogP contribution in [0, 0.1) is 5.92 Å². The van der Waals surface area contributed by atoms with Crippen LogP contribution < -0.4 is 0 Å². The maximum atomic E-state index is 12.0. The number of carbonyl (C=O) groups is 2. The van der Waals surface area contributed by atoms with Gasteiger partial charge in [-0.25, -0.2) is 0 Å². The van der Waals surface area contributed by atoms with Gasteiger partial charge in [0.2, 0.25) is 0 Å². The van der Waals surface area contributed by atoms with E-state index in [1.54, 1.807) is 7.11 Å². The maximum absolute atomic E-state index is 12.0. The Hall–Kier alpha value is -1.10. The third-order valence-electron chi connectivity index (χ3n) is 5.70. The predicted molar refractivity (Wildman–Crippen MR) is 127 cm³/mol. The lowest BCUT2D eigenvalue weighted by Crippen LogP contribution is -2.16. The van der Waals surface area contributed by atoms with E-state index in [9.17, 15) is 9.59 Å². The van der Waals surface area contributed by atoms with Crippen LogP contribution in [0.1, 0.15) is 123 Å². The summed E-state index contributed by atoms with van der Waals surface area (Å²) in [6.07, 6.45) is 17.4. The molecule has 0 saturated carbocycles. The molecule has 1 atom stereocenters. The summed E-state index contributed by atoms with van der Waals surface area (Å²) in [6, 6.07) is 0. The van der Waals surface area contributed by atoms with E-state index in [1.165, 1.54) is 51.4 Å². The fourth-order valence-corrected chi connectivity index (χ4v) is 3.59. The first kappa shape index (κ1) is 29.9. The minimum Gasteiger partial charge on any atom is -0.466 e. The van der Waals surface area contributed by atoms with Crippen molar-refractivity contribution in [2.45, 2.75) is 123 Å². The molecule has 0 aliphatic rings. The normalized spacial score (nSPS) is 12.0. The van der Waals surface area contributed by atoms with Gasteiger partial charge in [-0.1, -0.05) is 78.1 Å². The van der Waals surface area contributed by atoms with Gasteiger partial charge in [0.05, 0.1) is 13.2 Å². The van der Waals surface area contributed by atoms with Crippen LogP contribution in [-0.2, 0) is 23.8 Å². The lowest BCUT2D eigenvalue weighted by Gasteiger charge is -2.16. The van der Waals surface area contributed by atoms with Gasteiger partial charge in [0, 0.05) is 26.6 Å². The van der Waals surface area contributed by atoms with E-state index in [2.05, 4.69) is 13.8 Å². The molecule has 5 nitrogen and oxygen atoms in total. The average Bonchev–Trinajstić information content (AvgIpc) is 2.76. The zero-order valence-corrected chi connectivity index (χ0v) is 20.8. The van der Waals surface area contributed by atoms with Crippen LogP contribution in [0.5, 0.6) is 0 Å². The lowest BCUT2D eigenvalue weighted by atomic mass is 9.99. The molecule has 0 saturated heterocycles. The minimum absolute atomic E-state index is 0.110. The molecular weight excluding hydrogens is 392 g/mol. The highest BCUT2D eigenvalue weighted by atomic mass is 16.5. The van der Waals surface area contributed by atoms with Gasteiger partial charge in [0.1, 0.15) is 0 Å². The molecule has 0 amide bonds. The number of ether oxygens (including phenoxy) is 3. The molecule has 0 aromatic heterocycles. The summed E-state index contributed by atoms with van der Waals surface area (Å²) in [6.45, 7) is 6.17. The summed E-state index contributed by atoms with van der Waals surface area (Å²) in [5.74, 6) is 0.155. The van der Waals surface area contributed by atoms with E-state index >= 15 is 0 Å². The zero-order chi connectivity index (χ0) is 23.0. The van der Waals surface area contributed by atoms with Gasteiger partial charge in [-0.05, 0) is 38.0 Å². The Balaban J connectivity index is 3.62. The fourth-order valence-electron chi connectivity index (χ4n) is 3.59. The third kappa shape index (κ3) is 21.9. The Kier molecular flexibility index (Phi) is 22.7. The quantitative estimate of drug-likeness (QED) is 0.126. The van der Waals surface area contributed by atoms with Crippen LogP contribution in [0.2, 0.25) is 0 Å². The van der Waals surface area contributed by atoms with Crippen molar-refractivity contribution in [1.29, 1.82) is 0 Å². The van der Waals surface area contributed by atoms with Crippen molar-refractivity contribution in [1.82, 2.24) is 0 Å². The molecule has 184 valence electrons. The molecule has 0 bridgehead atoms. The van der Waals surface area contributed by atoms with Crippen LogP contribution >= 0.6 is 0 Å². The molecule has 0 aromatic carbocycles. The van der Waals surface area contributed by atoms with Gasteiger partial charge in [-0.15, -0.1) is 0 Å². The smallest absolute Gasteiger partial charge is 0.305 e. The minimum atomic E-state index is -0.126. The molecule has 5 heteroatoms. The van der Waals surface area contributed by atoms with Gasteiger partial charge in [0.15, 0.2) is 0 Å². The third-order valence-corrected chi connectivity index (χ3v) is 5.70. The van der Waals surface area contributed by atoms with Gasteiger partial charge in [-0.2, -0.15) is 0 Å². The number of unbranched alkanes of at least 4 members (excludes halogenated alkanes) is 10. The van der Waals surface area contributed by atoms with E-state index < -0.39 is 0 Å². The van der Waals surface area contributed by atoms with Gasteiger partial charge >= 0.3 is 11.9 Å². The highest BCUT2D eigenvalue weighted by Crippen LogP contribution is 2.15. The van der Waals surface area contributed by atoms with Crippen LogP contribution in [0.15, 0.2) is 0 Å². The molecule has 0 radical (unpaired) electrons. The van der Waals surface area contributed by atoms with Gasteiger partial charge < -0.3 is 14.2 Å². The van der Waals surface area contributed by atoms with E-state index in [1.807, 2.05) is 0 Å². The second-order valence-corrected chi connectivity index (χ2v) is 8.73. The second-order valence-electron chi connectivity index (χ2n) is 8.73. The number of hydrogen-bond donors (Lipinski definition) is 0. The molecule has 0 spiro atoms. The van der Waals surface area contributed by atoms with E-state index in [-0.39, 0.29) is 11.9 Å². The highest BCUT2D eigenvalue weighted by molar-refractivity contribution is 5.69. The number of methoxy groups -OCH3 is 1. The monoisotopic (exact) mass is 442 g/mol. The Morgan fingerprint density at radius 1 is 0.613 bits per heavy atom. The standard InChI is InChI=1S/C26H50O5/c1-4-6-8-9-10-11-16-21-30-25(27)18-14-12-15-19-26(28)31-23-24(20-22-29-3)17-13-7-5-2/h24H,4-23H2,1-3H3. The topological polar surface area (TPSA) is 61.8 Å². The van der Waals surface area contributed by atoms with Crippen LogP contribution in [0.4, 0.5) is 0 Å². The first-order valence-electron chi connectivity index (χ1n) is 12.9. The number of esters is 2. The van der Waals surface area contributed by atoms with Crippen molar-refractivity contribution in [2.75, 3.05) is 26.9 Å². The molecule has 0 rings (SSSR count). The fraction of sp³-hybridized carbons (Fsp3) is 0.923. The van der Waals surface area contributed by atoms with E-state index in [0.29, 0.717) is 38.6 Å². The van der Waals surface area contributed by atoms with Crippen molar-refractivity contribution in [2.24, 2.45) is 5.92 Å². The first-order valence-corrected chi connectivity index (χ1v) is 12.9. The van der Waals surface area contributed by atoms with Gasteiger partial charge in [0.25, 0.3) is 0 Å². The molecule has 0 aromatic rings. The van der Waals surface area contributed by atoms with Crippen molar-refractivity contribution in [3.63, 3.8) is 0 Å². The van der Waals surface area contributed by atoms with Gasteiger partial charge in [-0.3, -0.25) is 9.59 Å². The molecule has 31 heavy (non-hydrogen) atoms. The molecular formula is C26H50O5. The second kappa shape index (κ2) is 23.6. The largest absolute Gasteiger partial charge is 0.466 e. The Bertz CT molecular complexity index is 411. The Morgan fingerprint density at radius 3 is 1.81 bits per heavy atom. The SMILES string of the molecule is CCCCCCCCCOC(=O)CCCCCC(=O)OCC(CCCCC)CCOC. The average molecular weight is 443 g/mol. The van der Waals surface area contributed by atoms with Crippen molar-refractivity contribution in [3.8, 4) is 0 Å². The number of hydrogen-bond acceptors (Lipinski definition) is 5. The zero-order valence-electron chi connectivity index (χ0n) is 20.8. The van der Waals surface area contributed by atoms with E-state index in [4.69, 9.17) is 14.2 Å². The van der Waals surface area contributed by atoms with E-state index in [0.717, 1.165) is 44.9 Å². The molecule has 0 heterocycles. The first-order chi connectivity index (χ1) is 15.1. The van der Waals surface area contributed by atoms with Crippen LogP contribution in [0.3, 0.4) is 0 Å². The Morgan fingerprint density at radius 2 is 1.16 bits per heavy atom. The summed E-state index contributed by atoms with van der Waals surface area (Å²) in [4.78, 5) is 23.8. The summed E-state index contributed by atoms with van der Waals surface area (Å²) in [7, 11) is 1.71. The van der Waals surface area contributed by atoms with Crippen LogP contribution in [0.25, 0.3) is 0 Å². The summed E-state index contributed by atoms with van der Waals surface area (Å²) < 4.78 is 15.9. The van der Waals surface area contributed by atoms with Crippen LogP contribution in [-0.4, -0.2) is 38.9 Å². The number of rotatable bonds is 23. The molecule has 1 unspecified atom stereocenters.